The number of para-hydroxylation sites is 2. The first kappa shape index (κ1) is 30.9. The highest BCUT2D eigenvalue weighted by Crippen LogP contribution is 2.45. The largest absolute Gasteiger partial charge is 0.456 e. The Morgan fingerprint density at radius 1 is 0.431 bits per heavy atom. The van der Waals surface area contributed by atoms with Gasteiger partial charge in [0.25, 0.3) is 0 Å². The molecule has 9 aromatic carbocycles. The molecule has 0 aliphatic carbocycles. The quantitative estimate of drug-likeness (QED) is 0.166. The summed E-state index contributed by atoms with van der Waals surface area (Å²) in [6, 6.07) is 56.4. The van der Waals surface area contributed by atoms with E-state index >= 15 is 0 Å². The van der Waals surface area contributed by atoms with Gasteiger partial charge in [-0.25, -0.2) is 4.85 Å². The monoisotopic (exact) mass is 738 g/mol. The van der Waals surface area contributed by atoms with Gasteiger partial charge in [0.05, 0.1) is 45.6 Å². The number of aromatic nitrogens is 2. The van der Waals surface area contributed by atoms with Crippen molar-refractivity contribution in [3.05, 3.63) is 175 Å². The van der Waals surface area contributed by atoms with Gasteiger partial charge in [0, 0.05) is 55.2 Å². The van der Waals surface area contributed by atoms with Gasteiger partial charge in [-0.15, -0.1) is 0 Å². The summed E-state index contributed by atoms with van der Waals surface area (Å²) in [5, 5.41) is 24.0. The van der Waals surface area contributed by atoms with Crippen LogP contribution in [0.1, 0.15) is 5.56 Å². The van der Waals surface area contributed by atoms with Crippen molar-refractivity contribution in [1.29, 1.82) is 5.26 Å². The van der Waals surface area contributed by atoms with Crippen LogP contribution in [0.2, 0.25) is 0 Å². The Bertz CT molecular complexity index is 3800. The van der Waals surface area contributed by atoms with Gasteiger partial charge < -0.3 is 18.0 Å². The van der Waals surface area contributed by atoms with Crippen LogP contribution in [0.5, 0.6) is 0 Å². The molecule has 6 nitrogen and oxygen atoms in total. The van der Waals surface area contributed by atoms with E-state index in [4.69, 9.17) is 15.4 Å². The summed E-state index contributed by atoms with van der Waals surface area (Å²) in [5.41, 5.74) is 9.00. The van der Waals surface area contributed by atoms with Crippen LogP contribution < -0.4 is 0 Å². The van der Waals surface area contributed by atoms with Crippen molar-refractivity contribution in [2.24, 2.45) is 0 Å². The van der Waals surface area contributed by atoms with E-state index in [1.165, 1.54) is 0 Å². The van der Waals surface area contributed by atoms with Crippen molar-refractivity contribution in [1.82, 2.24) is 9.13 Å². The normalized spacial score (nSPS) is 12.1. The molecule has 13 rings (SSSR count). The number of hydrogen-bond donors (Lipinski definition) is 0. The molecule has 13 aromatic rings. The van der Waals surface area contributed by atoms with Crippen molar-refractivity contribution in [3.8, 4) is 17.4 Å². The van der Waals surface area contributed by atoms with Gasteiger partial charge in [0.15, 0.2) is 0 Å². The van der Waals surface area contributed by atoms with Crippen molar-refractivity contribution >= 4 is 115 Å². The van der Waals surface area contributed by atoms with Crippen LogP contribution in [-0.4, -0.2) is 9.13 Å². The Hall–Kier alpha value is -8.32. The number of furan rings is 2. The summed E-state index contributed by atoms with van der Waals surface area (Å²) in [4.78, 5) is 4.15. The van der Waals surface area contributed by atoms with E-state index < -0.39 is 0 Å². The number of rotatable bonds is 2. The fourth-order valence-corrected chi connectivity index (χ4v) is 9.65. The predicted molar refractivity (Wildman–Crippen MR) is 236 cm³/mol. The van der Waals surface area contributed by atoms with Crippen LogP contribution in [0.15, 0.2) is 167 Å². The van der Waals surface area contributed by atoms with Gasteiger partial charge in [0.1, 0.15) is 28.4 Å². The maximum absolute atomic E-state index is 11.0. The van der Waals surface area contributed by atoms with E-state index in [1.807, 2.05) is 48.5 Å². The fraction of sp³-hybridized carbons (Fsp3) is 0. The molecule has 0 unspecified atom stereocenters. The third-order valence-electron chi connectivity index (χ3n) is 12.1. The highest BCUT2D eigenvalue weighted by molar-refractivity contribution is 6.25. The third-order valence-corrected chi connectivity index (χ3v) is 12.1. The van der Waals surface area contributed by atoms with E-state index in [1.54, 1.807) is 0 Å². The lowest BCUT2D eigenvalue weighted by Gasteiger charge is -2.15. The molecule has 0 saturated carbocycles. The van der Waals surface area contributed by atoms with Crippen LogP contribution in [0.25, 0.3) is 125 Å². The van der Waals surface area contributed by atoms with E-state index in [9.17, 15) is 5.26 Å². The SMILES string of the molecule is [C-]#[N+]c1cc(-n2c3ccccc3c3cc4c(cc32)oc2ccc3ccccc3c24)c(C#N)cc1-n1c2ccccc2c2cc3c(cc21)oc1ccc2ccccc2c13. The standard InChI is InChI=1S/C52H26N4O2/c1-54-40-25-43(55-41-16-8-6-14-34(41)36-23-38-49(26-44(36)55)57-47-20-18-29-10-2-4-12-32(29)51(38)47)31(28-53)22-46(40)56-42-17-9-7-15-35(42)37-24-39-50(27-45(37)56)58-48-21-19-30-11-3-5-13-33(30)52(39)48/h2-27H. The molecule has 0 fully saturated rings. The van der Waals surface area contributed by atoms with Crippen molar-refractivity contribution in [2.75, 3.05) is 0 Å². The number of nitrogens with zero attached hydrogens (tertiary/aromatic N) is 4. The lowest BCUT2D eigenvalue weighted by Crippen LogP contribution is -2.01. The number of fused-ring (bicyclic) bond motifs is 16. The molecule has 0 amide bonds. The van der Waals surface area contributed by atoms with Gasteiger partial charge in [-0.3, -0.25) is 0 Å². The molecule has 6 heteroatoms. The molecule has 266 valence electrons. The second kappa shape index (κ2) is 11.1. The Balaban J connectivity index is 1.09. The Morgan fingerprint density at radius 3 is 1.43 bits per heavy atom. The van der Waals surface area contributed by atoms with E-state index in [0.29, 0.717) is 22.6 Å². The summed E-state index contributed by atoms with van der Waals surface area (Å²) >= 11 is 0. The average molecular weight is 739 g/mol. The zero-order chi connectivity index (χ0) is 38.2. The van der Waals surface area contributed by atoms with Crippen LogP contribution in [0.4, 0.5) is 5.69 Å². The van der Waals surface area contributed by atoms with Gasteiger partial charge in [-0.05, 0) is 70.1 Å². The average Bonchev–Trinajstić information content (AvgIpc) is 4.01. The van der Waals surface area contributed by atoms with Crippen LogP contribution in [0.3, 0.4) is 0 Å². The second-order valence-electron chi connectivity index (χ2n) is 15.0. The highest BCUT2D eigenvalue weighted by atomic mass is 16.3. The summed E-state index contributed by atoms with van der Waals surface area (Å²) in [5.74, 6) is 0. The zero-order valence-electron chi connectivity index (χ0n) is 30.6. The molecule has 4 heterocycles. The van der Waals surface area contributed by atoms with Crippen molar-refractivity contribution in [3.63, 3.8) is 0 Å². The van der Waals surface area contributed by atoms with E-state index in [0.717, 1.165) is 109 Å². The summed E-state index contributed by atoms with van der Waals surface area (Å²) < 4.78 is 17.3. The third kappa shape index (κ3) is 3.97. The second-order valence-corrected chi connectivity index (χ2v) is 15.0. The summed E-state index contributed by atoms with van der Waals surface area (Å²) in [7, 11) is 0. The van der Waals surface area contributed by atoms with Gasteiger partial charge >= 0.3 is 0 Å². The Labute approximate surface area is 329 Å². The first-order valence-electron chi connectivity index (χ1n) is 19.2. The number of benzene rings is 9. The summed E-state index contributed by atoms with van der Waals surface area (Å²) in [6.07, 6.45) is 0. The predicted octanol–water partition coefficient (Wildman–Crippen LogP) is 14.4. The molecular weight excluding hydrogens is 713 g/mol. The smallest absolute Gasteiger partial charge is 0.212 e. The Morgan fingerprint density at radius 2 is 0.914 bits per heavy atom. The molecule has 4 aromatic heterocycles. The molecule has 0 aliphatic rings. The van der Waals surface area contributed by atoms with E-state index in [-0.39, 0.29) is 0 Å². The first-order chi connectivity index (χ1) is 28.7. The Kier molecular flexibility index (Phi) is 5.94. The minimum atomic E-state index is 0.426. The maximum atomic E-state index is 11.0. The minimum absolute atomic E-state index is 0.426. The molecule has 0 radical (unpaired) electrons. The lowest BCUT2D eigenvalue weighted by atomic mass is 10.0. The number of nitriles is 1. The van der Waals surface area contributed by atoms with Crippen molar-refractivity contribution < 1.29 is 8.83 Å². The topological polar surface area (TPSA) is 64.3 Å². The van der Waals surface area contributed by atoms with Crippen molar-refractivity contribution in [2.45, 2.75) is 0 Å². The maximum Gasteiger partial charge on any atom is 0.212 e. The van der Waals surface area contributed by atoms with Gasteiger partial charge in [0.2, 0.25) is 5.69 Å². The molecule has 0 saturated heterocycles. The molecular formula is C52H26N4O2. The molecule has 0 N–H and O–H groups in total. The van der Waals surface area contributed by atoms with Crippen LogP contribution >= 0.6 is 0 Å². The lowest BCUT2D eigenvalue weighted by molar-refractivity contribution is 0.669. The highest BCUT2D eigenvalue weighted by Gasteiger charge is 2.23. The number of hydrogen-bond acceptors (Lipinski definition) is 3. The molecule has 0 atom stereocenters. The molecule has 0 bridgehead atoms. The first-order valence-corrected chi connectivity index (χ1v) is 19.2. The van der Waals surface area contributed by atoms with Gasteiger partial charge in [-0.1, -0.05) is 97.1 Å². The van der Waals surface area contributed by atoms with Crippen LogP contribution in [0, 0.1) is 17.9 Å². The van der Waals surface area contributed by atoms with Gasteiger partial charge in [-0.2, -0.15) is 5.26 Å². The van der Waals surface area contributed by atoms with Crippen LogP contribution in [-0.2, 0) is 0 Å². The van der Waals surface area contributed by atoms with E-state index in [2.05, 4.69) is 129 Å². The molecule has 0 spiro atoms. The molecule has 58 heavy (non-hydrogen) atoms. The summed E-state index contributed by atoms with van der Waals surface area (Å²) in [6.45, 7) is 8.58. The zero-order valence-corrected chi connectivity index (χ0v) is 30.6. The fourth-order valence-electron chi connectivity index (χ4n) is 9.65. The molecule has 0 aliphatic heterocycles. The minimum Gasteiger partial charge on any atom is -0.456 e.